The van der Waals surface area contributed by atoms with Crippen molar-refractivity contribution in [1.29, 1.82) is 0 Å². The van der Waals surface area contributed by atoms with E-state index in [2.05, 4.69) is 5.32 Å². The first-order chi connectivity index (χ1) is 13.1. The minimum atomic E-state index is -0.0404. The molecule has 0 saturated carbocycles. The molecule has 0 saturated heterocycles. The maximum absolute atomic E-state index is 12.2. The van der Waals surface area contributed by atoms with Crippen LogP contribution in [0.5, 0.6) is 28.7 Å². The van der Waals surface area contributed by atoms with Gasteiger partial charge in [0, 0.05) is 13.0 Å². The summed E-state index contributed by atoms with van der Waals surface area (Å²) in [6, 6.07) is 9.36. The summed E-state index contributed by atoms with van der Waals surface area (Å²) in [7, 11) is 4.67. The monoisotopic (exact) mass is 373 g/mol. The summed E-state index contributed by atoms with van der Waals surface area (Å²) in [4.78, 5) is 12.2. The average molecular weight is 373 g/mol. The fourth-order valence-corrected chi connectivity index (χ4v) is 2.88. The van der Waals surface area contributed by atoms with E-state index in [1.54, 1.807) is 21.3 Å². The highest BCUT2D eigenvalue weighted by Crippen LogP contribution is 2.38. The van der Waals surface area contributed by atoms with Crippen molar-refractivity contribution < 1.29 is 28.5 Å². The van der Waals surface area contributed by atoms with E-state index in [-0.39, 0.29) is 12.7 Å². The number of hydrogen-bond donors (Lipinski definition) is 1. The predicted molar refractivity (Wildman–Crippen MR) is 98.8 cm³/mol. The molecule has 1 amide bonds. The Balaban J connectivity index is 1.56. The maximum atomic E-state index is 12.2. The zero-order valence-corrected chi connectivity index (χ0v) is 15.7. The molecule has 0 aliphatic carbocycles. The third kappa shape index (κ3) is 4.36. The second kappa shape index (κ2) is 8.53. The van der Waals surface area contributed by atoms with Crippen molar-refractivity contribution in [1.82, 2.24) is 5.32 Å². The zero-order chi connectivity index (χ0) is 19.2. The normalized spacial score (nSPS) is 11.8. The molecule has 1 heterocycles. The van der Waals surface area contributed by atoms with Crippen LogP contribution in [0.1, 0.15) is 17.5 Å². The van der Waals surface area contributed by atoms with Crippen LogP contribution in [0.2, 0.25) is 0 Å². The van der Waals surface area contributed by atoms with E-state index in [1.165, 1.54) is 0 Å². The second-order valence-electron chi connectivity index (χ2n) is 6.00. The van der Waals surface area contributed by atoms with E-state index in [4.69, 9.17) is 23.7 Å². The Labute approximate surface area is 158 Å². The molecular weight excluding hydrogens is 350 g/mol. The van der Waals surface area contributed by atoms with Gasteiger partial charge in [0.1, 0.15) is 0 Å². The molecule has 2 aromatic rings. The summed E-state index contributed by atoms with van der Waals surface area (Å²) in [6.07, 6.45) is 1.00. The molecule has 7 nitrogen and oxygen atoms in total. The van der Waals surface area contributed by atoms with Crippen LogP contribution in [0.15, 0.2) is 30.3 Å². The number of carbonyl (C=O) groups excluding carboxylic acids is 1. The van der Waals surface area contributed by atoms with Gasteiger partial charge in [-0.2, -0.15) is 0 Å². The highest BCUT2D eigenvalue weighted by molar-refractivity contribution is 5.76. The van der Waals surface area contributed by atoms with E-state index in [0.717, 1.165) is 22.6 Å². The van der Waals surface area contributed by atoms with Crippen LogP contribution in [0.25, 0.3) is 0 Å². The molecule has 0 bridgehead atoms. The summed E-state index contributed by atoms with van der Waals surface area (Å²) in [6.45, 7) is 0.616. The smallest absolute Gasteiger partial charge is 0.231 e. The minimum absolute atomic E-state index is 0.0404. The SMILES string of the molecule is COc1cc(CNC(=O)CCc2ccc3c(c2)OCO3)cc(OC)c1OC. The van der Waals surface area contributed by atoms with Crippen molar-refractivity contribution in [2.45, 2.75) is 19.4 Å². The molecule has 0 atom stereocenters. The molecule has 0 radical (unpaired) electrons. The van der Waals surface area contributed by atoms with Gasteiger partial charge >= 0.3 is 0 Å². The van der Waals surface area contributed by atoms with Crippen molar-refractivity contribution in [3.8, 4) is 28.7 Å². The summed E-state index contributed by atoms with van der Waals surface area (Å²) in [5.41, 5.74) is 1.89. The van der Waals surface area contributed by atoms with Gasteiger partial charge in [0.25, 0.3) is 0 Å². The van der Waals surface area contributed by atoms with E-state index < -0.39 is 0 Å². The number of methoxy groups -OCH3 is 3. The largest absolute Gasteiger partial charge is 0.493 e. The lowest BCUT2D eigenvalue weighted by Gasteiger charge is -2.14. The molecule has 3 rings (SSSR count). The first kappa shape index (κ1) is 18.7. The molecule has 27 heavy (non-hydrogen) atoms. The van der Waals surface area contributed by atoms with Gasteiger partial charge in [-0.05, 0) is 41.8 Å². The highest BCUT2D eigenvalue weighted by atomic mass is 16.7. The van der Waals surface area contributed by atoms with Crippen molar-refractivity contribution >= 4 is 5.91 Å². The lowest BCUT2D eigenvalue weighted by Crippen LogP contribution is -2.23. The number of ether oxygens (including phenoxy) is 5. The number of fused-ring (bicyclic) bond motifs is 1. The molecule has 1 aliphatic rings. The van der Waals surface area contributed by atoms with Gasteiger partial charge in [0.2, 0.25) is 18.4 Å². The Morgan fingerprint density at radius 1 is 0.963 bits per heavy atom. The van der Waals surface area contributed by atoms with E-state index >= 15 is 0 Å². The number of benzene rings is 2. The lowest BCUT2D eigenvalue weighted by molar-refractivity contribution is -0.121. The van der Waals surface area contributed by atoms with Crippen LogP contribution in [-0.4, -0.2) is 34.0 Å². The Morgan fingerprint density at radius 3 is 2.33 bits per heavy atom. The van der Waals surface area contributed by atoms with Crippen molar-refractivity contribution in [2.24, 2.45) is 0 Å². The standard InChI is InChI=1S/C20H23NO6/c1-23-17-9-14(10-18(24-2)20(17)25-3)11-21-19(22)7-5-13-4-6-15-16(8-13)27-12-26-15/h4,6,8-10H,5,7,11-12H2,1-3H3,(H,21,22). The number of carbonyl (C=O) groups is 1. The van der Waals surface area contributed by atoms with E-state index in [1.807, 2.05) is 30.3 Å². The molecular formula is C20H23NO6. The van der Waals surface area contributed by atoms with Gasteiger partial charge in [-0.15, -0.1) is 0 Å². The summed E-state index contributed by atoms with van der Waals surface area (Å²) in [5.74, 6) is 3.07. The van der Waals surface area contributed by atoms with Crippen molar-refractivity contribution in [2.75, 3.05) is 28.1 Å². The third-order valence-corrected chi connectivity index (χ3v) is 4.29. The molecule has 2 aromatic carbocycles. The first-order valence-electron chi connectivity index (χ1n) is 8.58. The van der Waals surface area contributed by atoms with Gasteiger partial charge < -0.3 is 29.0 Å². The molecule has 1 N–H and O–H groups in total. The zero-order valence-electron chi connectivity index (χ0n) is 15.7. The number of aryl methyl sites for hydroxylation is 1. The van der Waals surface area contributed by atoms with E-state index in [0.29, 0.717) is 36.6 Å². The number of rotatable bonds is 8. The van der Waals surface area contributed by atoms with Gasteiger partial charge in [-0.25, -0.2) is 0 Å². The number of amides is 1. The van der Waals surface area contributed by atoms with Crippen LogP contribution < -0.4 is 29.0 Å². The van der Waals surface area contributed by atoms with Crippen LogP contribution in [0.4, 0.5) is 0 Å². The fraction of sp³-hybridized carbons (Fsp3) is 0.350. The summed E-state index contributed by atoms with van der Waals surface area (Å²) in [5, 5.41) is 2.91. The van der Waals surface area contributed by atoms with Gasteiger partial charge in [-0.3, -0.25) is 4.79 Å². The Kier molecular flexibility index (Phi) is 5.90. The Hall–Kier alpha value is -3.09. The van der Waals surface area contributed by atoms with Crippen molar-refractivity contribution in [3.63, 3.8) is 0 Å². The Morgan fingerprint density at radius 2 is 1.67 bits per heavy atom. The van der Waals surface area contributed by atoms with E-state index in [9.17, 15) is 4.79 Å². The average Bonchev–Trinajstić information content (AvgIpc) is 3.17. The quantitative estimate of drug-likeness (QED) is 0.767. The van der Waals surface area contributed by atoms with Crippen LogP contribution in [0, 0.1) is 0 Å². The van der Waals surface area contributed by atoms with Gasteiger partial charge in [-0.1, -0.05) is 6.07 Å². The highest BCUT2D eigenvalue weighted by Gasteiger charge is 2.15. The molecule has 7 heteroatoms. The number of nitrogens with one attached hydrogen (secondary N) is 1. The fourth-order valence-electron chi connectivity index (χ4n) is 2.88. The minimum Gasteiger partial charge on any atom is -0.493 e. The summed E-state index contributed by atoms with van der Waals surface area (Å²) >= 11 is 0. The molecule has 144 valence electrons. The van der Waals surface area contributed by atoms with Gasteiger partial charge in [0.05, 0.1) is 21.3 Å². The molecule has 0 unspecified atom stereocenters. The summed E-state index contributed by atoms with van der Waals surface area (Å²) < 4.78 is 26.6. The van der Waals surface area contributed by atoms with Crippen LogP contribution in [0.3, 0.4) is 0 Å². The van der Waals surface area contributed by atoms with Gasteiger partial charge in [0.15, 0.2) is 23.0 Å². The Bertz CT molecular complexity index is 795. The number of hydrogen-bond acceptors (Lipinski definition) is 6. The second-order valence-corrected chi connectivity index (χ2v) is 6.00. The molecule has 0 aromatic heterocycles. The first-order valence-corrected chi connectivity index (χ1v) is 8.58. The molecule has 0 spiro atoms. The predicted octanol–water partition coefficient (Wildman–Crippen LogP) is 2.69. The van der Waals surface area contributed by atoms with Crippen molar-refractivity contribution in [3.05, 3.63) is 41.5 Å². The van der Waals surface area contributed by atoms with Crippen LogP contribution >= 0.6 is 0 Å². The van der Waals surface area contributed by atoms with Crippen LogP contribution in [-0.2, 0) is 17.8 Å². The third-order valence-electron chi connectivity index (χ3n) is 4.29. The topological polar surface area (TPSA) is 75.3 Å². The molecule has 0 fully saturated rings. The maximum Gasteiger partial charge on any atom is 0.231 e. The molecule has 1 aliphatic heterocycles. The lowest BCUT2D eigenvalue weighted by atomic mass is 10.1.